The minimum Gasteiger partial charge on any atom is -0.457 e. The second-order valence-electron chi connectivity index (χ2n) is 7.74. The predicted octanol–water partition coefficient (Wildman–Crippen LogP) is 5.46. The normalized spacial score (nSPS) is 11.2. The molecule has 2 amide bonds. The van der Waals surface area contributed by atoms with E-state index >= 15 is 0 Å². The maximum atomic E-state index is 13.7. The van der Waals surface area contributed by atoms with E-state index in [9.17, 15) is 27.2 Å². The van der Waals surface area contributed by atoms with Crippen LogP contribution in [-0.4, -0.2) is 16.4 Å². The number of halogens is 4. The summed E-state index contributed by atoms with van der Waals surface area (Å²) in [4.78, 5) is 24.2. The minimum atomic E-state index is -4.78. The molecule has 0 radical (unpaired) electrons. The minimum absolute atomic E-state index is 0.0245. The van der Waals surface area contributed by atoms with Crippen molar-refractivity contribution in [1.82, 2.24) is 9.88 Å². The lowest BCUT2D eigenvalue weighted by Gasteiger charge is -2.17. The Balaban J connectivity index is 1.48. The van der Waals surface area contributed by atoms with Gasteiger partial charge in [0.2, 0.25) is 5.91 Å². The number of rotatable bonds is 7. The van der Waals surface area contributed by atoms with Gasteiger partial charge in [0.1, 0.15) is 23.0 Å². The number of alkyl halides is 3. The van der Waals surface area contributed by atoms with Gasteiger partial charge < -0.3 is 20.4 Å². The summed E-state index contributed by atoms with van der Waals surface area (Å²) in [5.41, 5.74) is 4.11. The summed E-state index contributed by atoms with van der Waals surface area (Å²) in [6.07, 6.45) is -3.46. The molecule has 0 bridgehead atoms. The van der Waals surface area contributed by atoms with Crippen LogP contribution in [0, 0.1) is 5.82 Å². The summed E-state index contributed by atoms with van der Waals surface area (Å²) in [5, 5.41) is 2.68. The largest absolute Gasteiger partial charge is 0.457 e. The Kier molecular flexibility index (Phi) is 6.77. The van der Waals surface area contributed by atoms with Crippen LogP contribution in [0.4, 0.5) is 17.6 Å². The fraction of sp³-hybridized carbons (Fsp3) is 0.0769. The number of aromatic nitrogens is 1. The Hall–Kier alpha value is -4.60. The lowest BCUT2D eigenvalue weighted by Crippen LogP contribution is -2.25. The molecule has 0 unspecified atom stereocenters. The zero-order valence-corrected chi connectivity index (χ0v) is 18.6. The second-order valence-corrected chi connectivity index (χ2v) is 7.74. The van der Waals surface area contributed by atoms with Crippen molar-refractivity contribution in [3.8, 4) is 17.2 Å². The van der Waals surface area contributed by atoms with Gasteiger partial charge in [0, 0.05) is 18.3 Å². The molecule has 1 aromatic heterocycles. The molecule has 4 aromatic rings. The highest BCUT2D eigenvalue weighted by Crippen LogP contribution is 2.35. The van der Waals surface area contributed by atoms with Gasteiger partial charge in [-0.3, -0.25) is 9.59 Å². The molecule has 0 aliphatic rings. The van der Waals surface area contributed by atoms with Crippen LogP contribution in [0.3, 0.4) is 0 Å². The van der Waals surface area contributed by atoms with Crippen LogP contribution in [0.15, 0.2) is 85.1 Å². The number of benzene rings is 3. The zero-order chi connectivity index (χ0) is 25.9. The number of amides is 2. The Morgan fingerprint density at radius 1 is 0.917 bits per heavy atom. The Bertz CT molecular complexity index is 1400. The Morgan fingerprint density at radius 2 is 1.56 bits per heavy atom. The van der Waals surface area contributed by atoms with Gasteiger partial charge in [-0.1, -0.05) is 12.1 Å². The summed E-state index contributed by atoms with van der Waals surface area (Å²) < 4.78 is 60.8. The van der Waals surface area contributed by atoms with Gasteiger partial charge >= 0.3 is 6.18 Å². The molecule has 4 rings (SSSR count). The number of carbonyl (C=O) groups excluding carboxylic acids is 2. The number of ether oxygens (including phenoxy) is 1. The molecule has 184 valence electrons. The van der Waals surface area contributed by atoms with Gasteiger partial charge in [-0.05, 0) is 72.3 Å². The van der Waals surface area contributed by atoms with Crippen LogP contribution in [-0.2, 0) is 12.7 Å². The van der Waals surface area contributed by atoms with Crippen molar-refractivity contribution in [3.05, 3.63) is 113 Å². The molecule has 0 atom stereocenters. The summed E-state index contributed by atoms with van der Waals surface area (Å²) in [6, 6.07) is 18.1. The number of primary amides is 1. The number of hydrogen-bond acceptors (Lipinski definition) is 3. The third-order valence-corrected chi connectivity index (χ3v) is 5.25. The van der Waals surface area contributed by atoms with Crippen molar-refractivity contribution >= 4 is 11.8 Å². The van der Waals surface area contributed by atoms with Crippen molar-refractivity contribution < 1.29 is 31.9 Å². The monoisotopic (exact) mass is 497 g/mol. The van der Waals surface area contributed by atoms with E-state index in [1.54, 1.807) is 24.3 Å². The molecular formula is C26H19F4N3O3. The maximum absolute atomic E-state index is 13.7. The lowest BCUT2D eigenvalue weighted by molar-refractivity contribution is -0.137. The quantitative estimate of drug-likeness (QED) is 0.333. The highest BCUT2D eigenvalue weighted by molar-refractivity contribution is 5.94. The van der Waals surface area contributed by atoms with Gasteiger partial charge in [0.05, 0.1) is 11.3 Å². The van der Waals surface area contributed by atoms with E-state index < -0.39 is 23.6 Å². The van der Waals surface area contributed by atoms with Gasteiger partial charge in [-0.2, -0.15) is 13.2 Å². The maximum Gasteiger partial charge on any atom is 0.418 e. The number of hydrogen-bond donors (Lipinski definition) is 2. The van der Waals surface area contributed by atoms with E-state index in [1.165, 1.54) is 48.7 Å². The van der Waals surface area contributed by atoms with Crippen molar-refractivity contribution in [2.45, 2.75) is 12.7 Å². The van der Waals surface area contributed by atoms with Crippen LogP contribution in [0.25, 0.3) is 5.69 Å². The van der Waals surface area contributed by atoms with E-state index in [0.29, 0.717) is 17.6 Å². The molecule has 0 fully saturated rings. The first-order chi connectivity index (χ1) is 17.1. The highest BCUT2D eigenvalue weighted by atomic mass is 19.4. The Labute approximate surface area is 202 Å². The standard InChI is InChI=1S/C26H19F4N3O3/c27-18-6-10-20(11-7-18)36-19-8-3-16(4-9-19)15-32-25(35)23-2-1-13-33(23)22-12-5-17(24(31)34)14-21(22)26(28,29)30/h1-14H,15H2,(H2,31,34)(H,32,35). The third-order valence-electron chi connectivity index (χ3n) is 5.25. The van der Waals surface area contributed by atoms with Crippen LogP contribution in [0.2, 0.25) is 0 Å². The average molecular weight is 497 g/mol. The summed E-state index contributed by atoms with van der Waals surface area (Å²) >= 11 is 0. The van der Waals surface area contributed by atoms with Crippen molar-refractivity contribution in [1.29, 1.82) is 0 Å². The number of nitrogens with one attached hydrogen (secondary N) is 1. The average Bonchev–Trinajstić information content (AvgIpc) is 3.34. The zero-order valence-electron chi connectivity index (χ0n) is 18.6. The SMILES string of the molecule is NC(=O)c1ccc(-n2cccc2C(=O)NCc2ccc(Oc3ccc(F)cc3)cc2)c(C(F)(F)F)c1. The molecule has 1 heterocycles. The molecule has 10 heteroatoms. The van der Waals surface area contributed by atoms with E-state index in [1.807, 2.05) is 0 Å². The first-order valence-corrected chi connectivity index (χ1v) is 10.6. The van der Waals surface area contributed by atoms with Crippen LogP contribution in [0.1, 0.15) is 32.0 Å². The summed E-state index contributed by atoms with van der Waals surface area (Å²) in [5.74, 6) is -1.01. The molecule has 3 N–H and O–H groups in total. The molecule has 6 nitrogen and oxygen atoms in total. The number of nitrogens with zero attached hydrogens (tertiary/aromatic N) is 1. The molecular weight excluding hydrogens is 478 g/mol. The van der Waals surface area contributed by atoms with Gasteiger partial charge in [-0.15, -0.1) is 0 Å². The van der Waals surface area contributed by atoms with Crippen molar-refractivity contribution in [3.63, 3.8) is 0 Å². The lowest BCUT2D eigenvalue weighted by atomic mass is 10.1. The first kappa shape index (κ1) is 24.5. The molecule has 36 heavy (non-hydrogen) atoms. The fourth-order valence-corrected chi connectivity index (χ4v) is 3.49. The van der Waals surface area contributed by atoms with Crippen LogP contribution < -0.4 is 15.8 Å². The van der Waals surface area contributed by atoms with Gasteiger partial charge in [-0.25, -0.2) is 4.39 Å². The fourth-order valence-electron chi connectivity index (χ4n) is 3.49. The van der Waals surface area contributed by atoms with E-state index in [2.05, 4.69) is 5.32 Å². The molecule has 3 aromatic carbocycles. The molecule has 0 saturated heterocycles. The van der Waals surface area contributed by atoms with E-state index in [0.717, 1.165) is 16.2 Å². The van der Waals surface area contributed by atoms with Gasteiger partial charge in [0.25, 0.3) is 5.91 Å². The molecule has 0 aliphatic carbocycles. The van der Waals surface area contributed by atoms with Crippen molar-refractivity contribution in [2.24, 2.45) is 5.73 Å². The molecule has 0 saturated carbocycles. The van der Waals surface area contributed by atoms with E-state index in [-0.39, 0.29) is 29.3 Å². The van der Waals surface area contributed by atoms with Crippen molar-refractivity contribution in [2.75, 3.05) is 0 Å². The van der Waals surface area contributed by atoms with E-state index in [4.69, 9.17) is 10.5 Å². The van der Waals surface area contributed by atoms with Crippen LogP contribution in [0.5, 0.6) is 11.5 Å². The van der Waals surface area contributed by atoms with Crippen LogP contribution >= 0.6 is 0 Å². The first-order valence-electron chi connectivity index (χ1n) is 10.6. The topological polar surface area (TPSA) is 86.4 Å². The Morgan fingerprint density at radius 3 is 2.17 bits per heavy atom. The molecule has 0 spiro atoms. The number of nitrogens with two attached hydrogens (primary N) is 1. The summed E-state index contributed by atoms with van der Waals surface area (Å²) in [6.45, 7) is 0.105. The predicted molar refractivity (Wildman–Crippen MR) is 123 cm³/mol. The molecule has 0 aliphatic heterocycles. The third kappa shape index (κ3) is 5.54. The second kappa shape index (κ2) is 9.95. The van der Waals surface area contributed by atoms with Gasteiger partial charge in [0.15, 0.2) is 0 Å². The number of carbonyl (C=O) groups is 2. The highest BCUT2D eigenvalue weighted by Gasteiger charge is 2.35. The summed E-state index contributed by atoms with van der Waals surface area (Å²) in [7, 11) is 0. The smallest absolute Gasteiger partial charge is 0.418 e.